The number of hydrogen-bond donors (Lipinski definition) is 1. The highest BCUT2D eigenvalue weighted by Gasteiger charge is 2.22. The van der Waals surface area contributed by atoms with Crippen molar-refractivity contribution in [2.75, 3.05) is 6.61 Å². The van der Waals surface area contributed by atoms with Crippen molar-refractivity contribution < 1.29 is 14.3 Å². The minimum Gasteiger partial charge on any atom is -0.452 e. The topological polar surface area (TPSA) is 81.2 Å². The Bertz CT molecular complexity index is 1320. The number of para-hydroxylation sites is 1. The van der Waals surface area contributed by atoms with Crippen molar-refractivity contribution in [3.8, 4) is 11.4 Å². The maximum absolute atomic E-state index is 13.0. The van der Waals surface area contributed by atoms with Crippen molar-refractivity contribution in [2.24, 2.45) is 0 Å². The minimum atomic E-state index is -0.565. The summed E-state index contributed by atoms with van der Waals surface area (Å²) in [5, 5.41) is 3.69. The maximum Gasteiger partial charge on any atom is 0.339 e. The van der Waals surface area contributed by atoms with E-state index in [0.29, 0.717) is 27.9 Å². The molecule has 1 N–H and O–H groups in total. The van der Waals surface area contributed by atoms with E-state index < -0.39 is 5.97 Å². The maximum atomic E-state index is 13.0. The summed E-state index contributed by atoms with van der Waals surface area (Å²) in [6.45, 7) is -0.340. The fourth-order valence-electron chi connectivity index (χ4n) is 4.34. The fraction of sp³-hybridized carbons (Fsp3) is 0.185. The first kappa shape index (κ1) is 20.8. The third-order valence-corrected chi connectivity index (χ3v) is 5.90. The molecule has 6 nitrogen and oxygen atoms in total. The lowest BCUT2D eigenvalue weighted by Gasteiger charge is -2.26. The monoisotopic (exact) mass is 437 g/mol. The highest BCUT2D eigenvalue weighted by Crippen LogP contribution is 2.29. The molecule has 1 atom stereocenters. The van der Waals surface area contributed by atoms with Crippen molar-refractivity contribution in [3.63, 3.8) is 0 Å². The number of carbonyl (C=O) groups is 2. The number of aryl methyl sites for hydroxylation is 1. The third-order valence-electron chi connectivity index (χ3n) is 5.90. The summed E-state index contributed by atoms with van der Waals surface area (Å²) in [6.07, 6.45) is 4.59. The average molecular weight is 437 g/mol. The number of esters is 1. The number of hydrogen-bond acceptors (Lipinski definition) is 5. The second-order valence-corrected chi connectivity index (χ2v) is 8.07. The molecule has 0 unspecified atom stereocenters. The fourth-order valence-corrected chi connectivity index (χ4v) is 4.34. The molecule has 0 fully saturated rings. The summed E-state index contributed by atoms with van der Waals surface area (Å²) in [5.74, 6) is -0.877. The highest BCUT2D eigenvalue weighted by molar-refractivity contribution is 6.05. The second kappa shape index (κ2) is 9.20. The van der Waals surface area contributed by atoms with E-state index in [0.717, 1.165) is 24.8 Å². The quantitative estimate of drug-likeness (QED) is 0.460. The van der Waals surface area contributed by atoms with Gasteiger partial charge in [0.15, 0.2) is 6.61 Å². The third kappa shape index (κ3) is 4.46. The van der Waals surface area contributed by atoms with Crippen LogP contribution in [0.3, 0.4) is 0 Å². The smallest absolute Gasteiger partial charge is 0.339 e. The SMILES string of the molecule is O=C(COC(=O)c1cc(-c2ccccn2)nc2ccccc12)N[C@H]1CCCc2ccccc21. The van der Waals surface area contributed by atoms with Crippen LogP contribution in [0.25, 0.3) is 22.3 Å². The van der Waals surface area contributed by atoms with Crippen LogP contribution < -0.4 is 5.32 Å². The van der Waals surface area contributed by atoms with E-state index in [4.69, 9.17) is 4.74 Å². The summed E-state index contributed by atoms with van der Waals surface area (Å²) in [5.41, 5.74) is 4.66. The number of pyridine rings is 2. The number of carbonyl (C=O) groups excluding carboxylic acids is 2. The van der Waals surface area contributed by atoms with E-state index in [1.165, 1.54) is 5.56 Å². The molecule has 0 saturated heterocycles. The van der Waals surface area contributed by atoms with Crippen molar-refractivity contribution in [1.82, 2.24) is 15.3 Å². The summed E-state index contributed by atoms with van der Waals surface area (Å²) in [6, 6.07) is 22.6. The van der Waals surface area contributed by atoms with Gasteiger partial charge in [0.2, 0.25) is 0 Å². The molecule has 2 aromatic carbocycles. The number of benzene rings is 2. The zero-order valence-electron chi connectivity index (χ0n) is 18.0. The van der Waals surface area contributed by atoms with Crippen LogP contribution in [0.4, 0.5) is 0 Å². The Morgan fingerprint density at radius 2 is 1.79 bits per heavy atom. The molecule has 1 aliphatic rings. The van der Waals surface area contributed by atoms with Gasteiger partial charge in [-0.3, -0.25) is 9.78 Å². The van der Waals surface area contributed by atoms with Gasteiger partial charge in [-0.1, -0.05) is 48.5 Å². The molecule has 2 heterocycles. The van der Waals surface area contributed by atoms with Crippen LogP contribution in [-0.2, 0) is 16.0 Å². The Morgan fingerprint density at radius 1 is 0.970 bits per heavy atom. The Hall–Kier alpha value is -4.06. The van der Waals surface area contributed by atoms with Gasteiger partial charge in [0.05, 0.1) is 28.5 Å². The van der Waals surface area contributed by atoms with Gasteiger partial charge in [-0.05, 0) is 54.7 Å². The molecular weight excluding hydrogens is 414 g/mol. The molecule has 164 valence electrons. The van der Waals surface area contributed by atoms with E-state index >= 15 is 0 Å². The number of aromatic nitrogens is 2. The molecule has 2 aromatic heterocycles. The first-order chi connectivity index (χ1) is 16.2. The van der Waals surface area contributed by atoms with E-state index in [1.807, 2.05) is 60.7 Å². The van der Waals surface area contributed by atoms with Crippen LogP contribution in [-0.4, -0.2) is 28.5 Å². The molecule has 0 spiro atoms. The van der Waals surface area contributed by atoms with Crippen LogP contribution in [0.2, 0.25) is 0 Å². The van der Waals surface area contributed by atoms with Gasteiger partial charge in [0.25, 0.3) is 5.91 Å². The normalized spacial score (nSPS) is 15.0. The molecule has 0 radical (unpaired) electrons. The van der Waals surface area contributed by atoms with E-state index in [2.05, 4.69) is 21.4 Å². The lowest BCUT2D eigenvalue weighted by Crippen LogP contribution is -2.34. The molecule has 0 aliphatic heterocycles. The van der Waals surface area contributed by atoms with Crippen molar-refractivity contribution >= 4 is 22.8 Å². The van der Waals surface area contributed by atoms with Gasteiger partial charge in [-0.15, -0.1) is 0 Å². The van der Waals surface area contributed by atoms with Crippen LogP contribution in [0.1, 0.15) is 40.4 Å². The minimum absolute atomic E-state index is 0.0568. The van der Waals surface area contributed by atoms with Gasteiger partial charge in [-0.25, -0.2) is 9.78 Å². The number of nitrogens with zero attached hydrogens (tertiary/aromatic N) is 2. The van der Waals surface area contributed by atoms with Crippen molar-refractivity contribution in [1.29, 1.82) is 0 Å². The number of ether oxygens (including phenoxy) is 1. The van der Waals surface area contributed by atoms with E-state index in [-0.39, 0.29) is 18.6 Å². The zero-order chi connectivity index (χ0) is 22.6. The summed E-state index contributed by atoms with van der Waals surface area (Å²) in [7, 11) is 0. The average Bonchev–Trinajstić information content (AvgIpc) is 2.87. The first-order valence-corrected chi connectivity index (χ1v) is 11.0. The predicted octanol–water partition coefficient (Wildman–Crippen LogP) is 4.65. The van der Waals surface area contributed by atoms with Gasteiger partial charge in [0, 0.05) is 11.6 Å². The number of amides is 1. The van der Waals surface area contributed by atoms with Crippen molar-refractivity contribution in [3.05, 3.63) is 95.7 Å². The Morgan fingerprint density at radius 3 is 2.67 bits per heavy atom. The molecule has 5 rings (SSSR count). The number of rotatable bonds is 5. The Kier molecular flexibility index (Phi) is 5.81. The van der Waals surface area contributed by atoms with Crippen LogP contribution in [0, 0.1) is 0 Å². The zero-order valence-corrected chi connectivity index (χ0v) is 18.0. The molecule has 1 amide bonds. The van der Waals surface area contributed by atoms with E-state index in [1.54, 1.807) is 12.3 Å². The summed E-state index contributed by atoms with van der Waals surface area (Å²) < 4.78 is 5.42. The summed E-state index contributed by atoms with van der Waals surface area (Å²) >= 11 is 0. The molecule has 33 heavy (non-hydrogen) atoms. The molecule has 6 heteroatoms. The van der Waals surface area contributed by atoms with Gasteiger partial charge >= 0.3 is 5.97 Å². The Balaban J connectivity index is 1.33. The molecule has 1 aliphatic carbocycles. The molecule has 0 bridgehead atoms. The predicted molar refractivity (Wildman–Crippen MR) is 126 cm³/mol. The van der Waals surface area contributed by atoms with Gasteiger partial charge in [-0.2, -0.15) is 0 Å². The molecule has 4 aromatic rings. The summed E-state index contributed by atoms with van der Waals surface area (Å²) in [4.78, 5) is 34.6. The highest BCUT2D eigenvalue weighted by atomic mass is 16.5. The number of fused-ring (bicyclic) bond motifs is 2. The first-order valence-electron chi connectivity index (χ1n) is 11.0. The molecule has 0 saturated carbocycles. The van der Waals surface area contributed by atoms with Crippen LogP contribution >= 0.6 is 0 Å². The van der Waals surface area contributed by atoms with Crippen LogP contribution in [0.15, 0.2) is 79.0 Å². The van der Waals surface area contributed by atoms with E-state index in [9.17, 15) is 9.59 Å². The van der Waals surface area contributed by atoms with Gasteiger partial charge < -0.3 is 10.1 Å². The Labute approximate surface area is 191 Å². The van der Waals surface area contributed by atoms with Gasteiger partial charge in [0.1, 0.15) is 0 Å². The lowest BCUT2D eigenvalue weighted by atomic mass is 9.88. The van der Waals surface area contributed by atoms with Crippen LogP contribution in [0.5, 0.6) is 0 Å². The lowest BCUT2D eigenvalue weighted by molar-refractivity contribution is -0.125. The largest absolute Gasteiger partial charge is 0.452 e. The van der Waals surface area contributed by atoms with Crippen molar-refractivity contribution in [2.45, 2.75) is 25.3 Å². The standard InChI is InChI=1S/C27H23N3O3/c31-26(30-22-14-7-9-18-8-1-2-10-19(18)22)17-33-27(32)21-16-25(24-13-5-6-15-28-24)29-23-12-4-3-11-20(21)23/h1-6,8,10-13,15-16,22H,7,9,14,17H2,(H,30,31)/t22-/m0/s1. The molecular formula is C27H23N3O3. The number of nitrogens with one attached hydrogen (secondary N) is 1. The second-order valence-electron chi connectivity index (χ2n) is 8.07.